The number of ether oxygens (including phenoxy) is 2. The van der Waals surface area contributed by atoms with Gasteiger partial charge in [0, 0.05) is 6.07 Å². The van der Waals surface area contributed by atoms with Gasteiger partial charge in [-0.1, -0.05) is 0 Å². The number of esters is 1. The van der Waals surface area contributed by atoms with E-state index in [1.165, 1.54) is 19.5 Å². The van der Waals surface area contributed by atoms with Gasteiger partial charge in [-0.25, -0.2) is 19.7 Å². The fourth-order valence-corrected chi connectivity index (χ4v) is 1.33. The first-order valence-corrected chi connectivity index (χ1v) is 5.40. The average Bonchev–Trinajstić information content (AvgIpc) is 2.48. The van der Waals surface area contributed by atoms with Crippen LogP contribution in [0.2, 0.25) is 0 Å². The van der Waals surface area contributed by atoms with Gasteiger partial charge >= 0.3 is 5.97 Å². The van der Waals surface area contributed by atoms with E-state index in [1.54, 1.807) is 25.4 Å². The Hall–Kier alpha value is -2.70. The van der Waals surface area contributed by atoms with Crippen molar-refractivity contribution in [1.82, 2.24) is 15.0 Å². The molecule has 2 heterocycles. The molecule has 2 aromatic heterocycles. The van der Waals surface area contributed by atoms with Crippen molar-refractivity contribution in [1.29, 1.82) is 0 Å². The fourth-order valence-electron chi connectivity index (χ4n) is 1.33. The third-order valence-corrected chi connectivity index (χ3v) is 2.26. The topological polar surface area (TPSA) is 86.2 Å². The Morgan fingerprint density at radius 3 is 2.47 bits per heavy atom. The van der Waals surface area contributed by atoms with E-state index in [2.05, 4.69) is 25.0 Å². The lowest BCUT2D eigenvalue weighted by atomic mass is 10.4. The number of nitrogens with zero attached hydrogens (tertiary/aromatic N) is 3. The van der Waals surface area contributed by atoms with Gasteiger partial charge in [0.05, 0.1) is 38.5 Å². The molecule has 0 atom stereocenters. The van der Waals surface area contributed by atoms with E-state index in [1.807, 2.05) is 0 Å². The minimum atomic E-state index is -0.523. The molecule has 0 aliphatic rings. The first-order valence-electron chi connectivity index (χ1n) is 5.40. The second-order valence-electron chi connectivity index (χ2n) is 3.49. The Kier molecular flexibility index (Phi) is 3.87. The normalized spacial score (nSPS) is 9.79. The van der Waals surface area contributed by atoms with E-state index < -0.39 is 5.97 Å². The molecule has 0 fully saturated rings. The summed E-state index contributed by atoms with van der Waals surface area (Å²) in [6.45, 7) is 0. The summed E-state index contributed by atoms with van der Waals surface area (Å²) in [6.07, 6.45) is 4.39. The quantitative estimate of drug-likeness (QED) is 0.831. The van der Waals surface area contributed by atoms with Crippen LogP contribution in [0.1, 0.15) is 10.5 Å². The first kappa shape index (κ1) is 12.7. The summed E-state index contributed by atoms with van der Waals surface area (Å²) in [5.74, 6) is 0.502. The summed E-state index contributed by atoms with van der Waals surface area (Å²) < 4.78 is 9.49. The highest BCUT2D eigenvalue weighted by Crippen LogP contribution is 2.15. The number of nitrogens with one attached hydrogen (secondary N) is 1. The predicted octanol–water partition coefficient (Wildman–Crippen LogP) is 1.41. The van der Waals surface area contributed by atoms with Crippen molar-refractivity contribution >= 4 is 17.5 Å². The molecule has 0 unspecified atom stereocenters. The minimum absolute atomic E-state index is 0.154. The number of carbonyl (C=O) groups is 1. The maximum atomic E-state index is 11.2. The smallest absolute Gasteiger partial charge is 0.358 e. The molecule has 0 saturated carbocycles. The van der Waals surface area contributed by atoms with Gasteiger partial charge in [0.15, 0.2) is 5.69 Å². The molecule has 0 saturated heterocycles. The summed E-state index contributed by atoms with van der Waals surface area (Å²) in [6, 6.07) is 3.51. The molecule has 0 aliphatic carbocycles. The minimum Gasteiger partial charge on any atom is -0.481 e. The summed E-state index contributed by atoms with van der Waals surface area (Å²) in [4.78, 5) is 23.2. The Balaban J connectivity index is 2.08. The molecule has 0 amide bonds. The largest absolute Gasteiger partial charge is 0.481 e. The van der Waals surface area contributed by atoms with Gasteiger partial charge < -0.3 is 14.8 Å². The molecule has 7 heteroatoms. The van der Waals surface area contributed by atoms with Crippen molar-refractivity contribution in [3.8, 4) is 5.88 Å². The zero-order valence-electron chi connectivity index (χ0n) is 10.5. The van der Waals surface area contributed by atoms with Crippen LogP contribution in [0.3, 0.4) is 0 Å². The number of anilines is 2. The molecule has 98 valence electrons. The van der Waals surface area contributed by atoms with Crippen molar-refractivity contribution in [3.05, 3.63) is 36.4 Å². The van der Waals surface area contributed by atoms with E-state index in [0.29, 0.717) is 11.7 Å². The molecular formula is C12H12N4O3. The maximum Gasteiger partial charge on any atom is 0.358 e. The number of methoxy groups -OCH3 is 2. The van der Waals surface area contributed by atoms with Crippen LogP contribution < -0.4 is 10.1 Å². The van der Waals surface area contributed by atoms with Gasteiger partial charge in [-0.2, -0.15) is 0 Å². The van der Waals surface area contributed by atoms with Gasteiger partial charge in [-0.05, 0) is 6.07 Å². The summed E-state index contributed by atoms with van der Waals surface area (Å²) >= 11 is 0. The molecule has 19 heavy (non-hydrogen) atoms. The van der Waals surface area contributed by atoms with Crippen LogP contribution in [-0.4, -0.2) is 35.1 Å². The molecule has 7 nitrogen and oxygen atoms in total. The molecular weight excluding hydrogens is 248 g/mol. The van der Waals surface area contributed by atoms with E-state index in [4.69, 9.17) is 4.74 Å². The fraction of sp³-hybridized carbons (Fsp3) is 0.167. The Bertz CT molecular complexity index is 554. The van der Waals surface area contributed by atoms with E-state index >= 15 is 0 Å². The number of hydrogen-bond donors (Lipinski definition) is 1. The molecule has 0 spiro atoms. The zero-order valence-corrected chi connectivity index (χ0v) is 10.5. The highest BCUT2D eigenvalue weighted by Gasteiger charge is 2.07. The van der Waals surface area contributed by atoms with Gasteiger partial charge in [-0.3, -0.25) is 0 Å². The van der Waals surface area contributed by atoms with Crippen LogP contribution in [0.5, 0.6) is 5.88 Å². The van der Waals surface area contributed by atoms with Crippen LogP contribution in [0.25, 0.3) is 0 Å². The number of pyridine rings is 1. The molecule has 0 aliphatic heterocycles. The number of aromatic nitrogens is 3. The predicted molar refractivity (Wildman–Crippen MR) is 67.4 cm³/mol. The molecule has 1 N–H and O–H groups in total. The SMILES string of the molecule is COC(=O)c1cnc(Nc2ccc(OC)nc2)cn1. The van der Waals surface area contributed by atoms with E-state index in [9.17, 15) is 4.79 Å². The Morgan fingerprint density at radius 2 is 1.95 bits per heavy atom. The standard InChI is InChI=1S/C12H12N4O3/c1-18-11-4-3-8(5-15-11)16-10-7-13-9(6-14-10)12(17)19-2/h3-7H,1-2H3,(H,14,16). The second-order valence-corrected chi connectivity index (χ2v) is 3.49. The van der Waals surface area contributed by atoms with Crippen molar-refractivity contribution in [3.63, 3.8) is 0 Å². The van der Waals surface area contributed by atoms with Crippen molar-refractivity contribution in [2.45, 2.75) is 0 Å². The lowest BCUT2D eigenvalue weighted by molar-refractivity contribution is 0.0593. The second kappa shape index (κ2) is 5.76. The monoisotopic (exact) mass is 260 g/mol. The molecule has 0 aromatic carbocycles. The first-order chi connectivity index (χ1) is 9.22. The Morgan fingerprint density at radius 1 is 1.11 bits per heavy atom. The van der Waals surface area contributed by atoms with Crippen LogP contribution in [0.4, 0.5) is 11.5 Å². The zero-order chi connectivity index (χ0) is 13.7. The third kappa shape index (κ3) is 3.15. The summed E-state index contributed by atoms with van der Waals surface area (Å²) in [7, 11) is 2.84. The molecule has 0 radical (unpaired) electrons. The average molecular weight is 260 g/mol. The maximum absolute atomic E-state index is 11.2. The molecule has 0 bridgehead atoms. The van der Waals surface area contributed by atoms with Gasteiger partial charge in [-0.15, -0.1) is 0 Å². The van der Waals surface area contributed by atoms with E-state index in [-0.39, 0.29) is 5.69 Å². The number of carbonyl (C=O) groups excluding carboxylic acids is 1. The van der Waals surface area contributed by atoms with Gasteiger partial charge in [0.1, 0.15) is 5.82 Å². The third-order valence-electron chi connectivity index (χ3n) is 2.26. The Labute approximate surface area is 109 Å². The van der Waals surface area contributed by atoms with Crippen LogP contribution >= 0.6 is 0 Å². The van der Waals surface area contributed by atoms with Crippen molar-refractivity contribution < 1.29 is 14.3 Å². The van der Waals surface area contributed by atoms with Crippen molar-refractivity contribution in [2.75, 3.05) is 19.5 Å². The molecule has 2 aromatic rings. The highest BCUT2D eigenvalue weighted by molar-refractivity contribution is 5.86. The lowest BCUT2D eigenvalue weighted by Crippen LogP contribution is -2.05. The van der Waals surface area contributed by atoms with Crippen LogP contribution in [-0.2, 0) is 4.74 Å². The lowest BCUT2D eigenvalue weighted by Gasteiger charge is -2.05. The van der Waals surface area contributed by atoms with E-state index in [0.717, 1.165) is 5.69 Å². The summed E-state index contributed by atoms with van der Waals surface area (Å²) in [5.41, 5.74) is 0.891. The number of hydrogen-bond acceptors (Lipinski definition) is 7. The van der Waals surface area contributed by atoms with Gasteiger partial charge in [0.2, 0.25) is 5.88 Å². The van der Waals surface area contributed by atoms with Gasteiger partial charge in [0.25, 0.3) is 0 Å². The van der Waals surface area contributed by atoms with Crippen LogP contribution in [0.15, 0.2) is 30.7 Å². The summed E-state index contributed by atoms with van der Waals surface area (Å²) in [5, 5.41) is 3.00. The highest BCUT2D eigenvalue weighted by atomic mass is 16.5. The number of rotatable bonds is 4. The molecule has 2 rings (SSSR count). The van der Waals surface area contributed by atoms with Crippen LogP contribution in [0, 0.1) is 0 Å². The van der Waals surface area contributed by atoms with Crippen molar-refractivity contribution in [2.24, 2.45) is 0 Å².